The first-order chi connectivity index (χ1) is 13.4. The molecule has 3 rings (SSSR count). The SMILES string of the molecule is O=C(CN(c1ccccc1Cl)S(=O)(=O)c1ccccc1)Nc1ccc(I)cc1. The van der Waals surface area contributed by atoms with Gasteiger partial charge in [-0.05, 0) is 71.1 Å². The van der Waals surface area contributed by atoms with Crippen LogP contribution in [-0.2, 0) is 14.8 Å². The Morgan fingerprint density at radius 1 is 0.929 bits per heavy atom. The predicted octanol–water partition coefficient (Wildman–Crippen LogP) is 4.78. The first-order valence-electron chi connectivity index (χ1n) is 8.25. The highest BCUT2D eigenvalue weighted by Gasteiger charge is 2.28. The van der Waals surface area contributed by atoms with Gasteiger partial charge in [0.2, 0.25) is 5.91 Å². The monoisotopic (exact) mass is 526 g/mol. The van der Waals surface area contributed by atoms with Gasteiger partial charge in [-0.15, -0.1) is 0 Å². The standard InChI is InChI=1S/C20H16ClIN2O3S/c21-18-8-4-5-9-19(18)24(28(26,27)17-6-2-1-3-7-17)14-20(25)23-16-12-10-15(22)11-13-16/h1-13H,14H2,(H,23,25). The maximum Gasteiger partial charge on any atom is 0.264 e. The number of anilines is 2. The maximum absolute atomic E-state index is 13.2. The molecule has 0 bridgehead atoms. The fraction of sp³-hybridized carbons (Fsp3) is 0.0500. The van der Waals surface area contributed by atoms with Crippen LogP contribution < -0.4 is 9.62 Å². The van der Waals surface area contributed by atoms with Crippen molar-refractivity contribution < 1.29 is 13.2 Å². The fourth-order valence-electron chi connectivity index (χ4n) is 2.54. The Hall–Kier alpha value is -2.10. The largest absolute Gasteiger partial charge is 0.325 e. The minimum Gasteiger partial charge on any atom is -0.325 e. The van der Waals surface area contributed by atoms with Crippen LogP contribution in [0.1, 0.15) is 0 Å². The summed E-state index contributed by atoms with van der Waals surface area (Å²) in [4.78, 5) is 12.7. The molecule has 0 aliphatic carbocycles. The minimum atomic E-state index is -3.98. The number of hydrogen-bond donors (Lipinski definition) is 1. The highest BCUT2D eigenvalue weighted by molar-refractivity contribution is 14.1. The van der Waals surface area contributed by atoms with Crippen LogP contribution in [0.5, 0.6) is 0 Å². The van der Waals surface area contributed by atoms with Crippen LogP contribution in [0.3, 0.4) is 0 Å². The van der Waals surface area contributed by atoms with Crippen LogP contribution in [0.2, 0.25) is 5.02 Å². The van der Waals surface area contributed by atoms with Crippen LogP contribution >= 0.6 is 34.2 Å². The molecule has 0 aliphatic rings. The van der Waals surface area contributed by atoms with Gasteiger partial charge in [-0.2, -0.15) is 0 Å². The molecule has 1 N–H and O–H groups in total. The Labute approximate surface area is 182 Å². The summed E-state index contributed by atoms with van der Waals surface area (Å²) in [5.41, 5.74) is 0.826. The summed E-state index contributed by atoms with van der Waals surface area (Å²) in [7, 11) is -3.98. The number of halogens is 2. The molecule has 3 aromatic carbocycles. The van der Waals surface area contributed by atoms with Crippen LogP contribution in [-0.4, -0.2) is 20.9 Å². The van der Waals surface area contributed by atoms with Crippen LogP contribution in [0.4, 0.5) is 11.4 Å². The smallest absolute Gasteiger partial charge is 0.264 e. The van der Waals surface area contributed by atoms with Gasteiger partial charge >= 0.3 is 0 Å². The molecular formula is C20H16ClIN2O3S. The minimum absolute atomic E-state index is 0.0805. The molecule has 1 amide bonds. The van der Waals surface area contributed by atoms with Gasteiger partial charge < -0.3 is 5.32 Å². The number of nitrogens with one attached hydrogen (secondary N) is 1. The second kappa shape index (κ2) is 8.93. The fourth-order valence-corrected chi connectivity index (χ4v) is 4.65. The summed E-state index contributed by atoms with van der Waals surface area (Å²) >= 11 is 8.40. The first-order valence-corrected chi connectivity index (χ1v) is 11.2. The van der Waals surface area contributed by atoms with Crippen molar-refractivity contribution in [2.45, 2.75) is 4.90 Å². The van der Waals surface area contributed by atoms with E-state index in [-0.39, 0.29) is 15.6 Å². The van der Waals surface area contributed by atoms with Crippen LogP contribution in [0.25, 0.3) is 0 Å². The van der Waals surface area contributed by atoms with Crippen molar-refractivity contribution >= 4 is 61.5 Å². The number of amides is 1. The Kier molecular flexibility index (Phi) is 6.58. The van der Waals surface area contributed by atoms with Gasteiger partial charge in [0.25, 0.3) is 10.0 Å². The van der Waals surface area contributed by atoms with Crippen molar-refractivity contribution in [1.82, 2.24) is 0 Å². The predicted molar refractivity (Wildman–Crippen MR) is 120 cm³/mol. The molecule has 3 aromatic rings. The van der Waals surface area contributed by atoms with E-state index in [2.05, 4.69) is 27.9 Å². The third-order valence-corrected chi connectivity index (χ3v) is 6.68. The van der Waals surface area contributed by atoms with E-state index in [0.29, 0.717) is 5.69 Å². The van der Waals surface area contributed by atoms with Crippen molar-refractivity contribution in [3.8, 4) is 0 Å². The summed E-state index contributed by atoms with van der Waals surface area (Å²) in [5, 5.41) is 2.96. The normalized spacial score (nSPS) is 11.1. The molecule has 0 fully saturated rings. The van der Waals surface area contributed by atoms with Gasteiger partial charge in [-0.3, -0.25) is 9.10 Å². The summed E-state index contributed by atoms with van der Waals surface area (Å²) in [6, 6.07) is 21.7. The van der Waals surface area contributed by atoms with E-state index in [1.54, 1.807) is 54.6 Å². The average molecular weight is 527 g/mol. The number of rotatable bonds is 6. The summed E-state index contributed by atoms with van der Waals surface area (Å²) in [6.45, 7) is -0.410. The zero-order valence-corrected chi connectivity index (χ0v) is 18.3. The van der Waals surface area contributed by atoms with Crippen molar-refractivity contribution in [3.05, 3.63) is 87.5 Å². The first kappa shape index (κ1) is 20.6. The second-order valence-corrected chi connectivity index (χ2v) is 9.35. The number of carbonyl (C=O) groups is 1. The van der Waals surface area contributed by atoms with Gasteiger partial charge in [0.15, 0.2) is 0 Å². The van der Waals surface area contributed by atoms with E-state index in [1.165, 1.54) is 12.1 Å². The highest BCUT2D eigenvalue weighted by Crippen LogP contribution is 2.30. The summed E-state index contributed by atoms with van der Waals surface area (Å²) in [6.07, 6.45) is 0. The maximum atomic E-state index is 13.2. The molecular weight excluding hydrogens is 511 g/mol. The van der Waals surface area contributed by atoms with E-state index < -0.39 is 22.5 Å². The quantitative estimate of drug-likeness (QED) is 0.470. The molecule has 0 unspecified atom stereocenters. The average Bonchev–Trinajstić information content (AvgIpc) is 2.69. The Bertz CT molecular complexity index is 1070. The lowest BCUT2D eigenvalue weighted by atomic mass is 10.3. The van der Waals surface area contributed by atoms with Crippen molar-refractivity contribution in [2.24, 2.45) is 0 Å². The van der Waals surface area contributed by atoms with Gasteiger partial charge in [-0.25, -0.2) is 8.42 Å². The van der Waals surface area contributed by atoms with Gasteiger partial charge in [0.05, 0.1) is 15.6 Å². The lowest BCUT2D eigenvalue weighted by Gasteiger charge is -2.25. The molecule has 0 aromatic heterocycles. The molecule has 0 saturated heterocycles. The number of para-hydroxylation sites is 1. The second-order valence-electron chi connectivity index (χ2n) is 5.83. The molecule has 5 nitrogen and oxygen atoms in total. The van der Waals surface area contributed by atoms with E-state index >= 15 is 0 Å². The molecule has 8 heteroatoms. The Balaban J connectivity index is 1.94. The zero-order valence-electron chi connectivity index (χ0n) is 14.5. The van der Waals surface area contributed by atoms with Crippen molar-refractivity contribution in [2.75, 3.05) is 16.2 Å². The number of hydrogen-bond acceptors (Lipinski definition) is 3. The van der Waals surface area contributed by atoms with E-state index in [4.69, 9.17) is 11.6 Å². The zero-order chi connectivity index (χ0) is 20.1. The highest BCUT2D eigenvalue weighted by atomic mass is 127. The molecule has 0 radical (unpaired) electrons. The molecule has 144 valence electrons. The number of nitrogens with zero attached hydrogens (tertiary/aromatic N) is 1. The third-order valence-electron chi connectivity index (χ3n) is 3.87. The number of carbonyl (C=O) groups excluding carboxylic acids is 1. The molecule has 0 atom stereocenters. The molecule has 0 heterocycles. The summed E-state index contributed by atoms with van der Waals surface area (Å²) in [5.74, 6) is -0.472. The van der Waals surface area contributed by atoms with Crippen LogP contribution in [0.15, 0.2) is 83.8 Å². The van der Waals surface area contributed by atoms with Gasteiger partial charge in [0, 0.05) is 9.26 Å². The van der Waals surface area contributed by atoms with Crippen LogP contribution in [0, 0.1) is 3.57 Å². The third kappa shape index (κ3) is 4.84. The topological polar surface area (TPSA) is 66.5 Å². The molecule has 0 spiro atoms. The van der Waals surface area contributed by atoms with E-state index in [1.807, 2.05) is 12.1 Å². The Morgan fingerprint density at radius 2 is 1.54 bits per heavy atom. The van der Waals surface area contributed by atoms with Crippen molar-refractivity contribution in [1.29, 1.82) is 0 Å². The summed E-state index contributed by atoms with van der Waals surface area (Å²) < 4.78 is 28.5. The lowest BCUT2D eigenvalue weighted by molar-refractivity contribution is -0.114. The Morgan fingerprint density at radius 3 is 2.18 bits per heavy atom. The van der Waals surface area contributed by atoms with E-state index in [9.17, 15) is 13.2 Å². The van der Waals surface area contributed by atoms with Gasteiger partial charge in [0.1, 0.15) is 6.54 Å². The number of sulfonamides is 1. The molecule has 0 aliphatic heterocycles. The van der Waals surface area contributed by atoms with E-state index in [0.717, 1.165) is 7.88 Å². The van der Waals surface area contributed by atoms with Gasteiger partial charge in [-0.1, -0.05) is 41.9 Å². The molecule has 28 heavy (non-hydrogen) atoms. The molecule has 0 saturated carbocycles. The van der Waals surface area contributed by atoms with Crippen molar-refractivity contribution in [3.63, 3.8) is 0 Å². The lowest BCUT2D eigenvalue weighted by Crippen LogP contribution is -2.38. The number of benzene rings is 3.